The summed E-state index contributed by atoms with van der Waals surface area (Å²) in [6.07, 6.45) is 15.3. The van der Waals surface area contributed by atoms with Crippen LogP contribution in [-0.2, 0) is 9.47 Å². The summed E-state index contributed by atoms with van der Waals surface area (Å²) < 4.78 is 30.4. The molecule has 0 saturated carbocycles. The number of aromatic nitrogens is 9. The lowest BCUT2D eigenvalue weighted by Gasteiger charge is -2.24. The highest BCUT2D eigenvalue weighted by atomic mass is 35.5. The number of aromatic amines is 2. The van der Waals surface area contributed by atoms with Crippen molar-refractivity contribution in [2.75, 3.05) is 28.1 Å². The minimum Gasteiger partial charge on any atom is -0.443 e. The zero-order chi connectivity index (χ0) is 73.8. The van der Waals surface area contributed by atoms with Crippen molar-refractivity contribution >= 4 is 147 Å². The Labute approximate surface area is 608 Å². The van der Waals surface area contributed by atoms with Crippen LogP contribution in [0.1, 0.15) is 111 Å². The lowest BCUT2D eigenvalue weighted by molar-refractivity contribution is 0.0282. The van der Waals surface area contributed by atoms with Gasteiger partial charge in [0.05, 0.1) is 67.4 Å². The molecule has 0 aliphatic rings. The Hall–Kier alpha value is -11.0. The van der Waals surface area contributed by atoms with E-state index in [4.69, 9.17) is 13.6 Å². The van der Waals surface area contributed by atoms with Gasteiger partial charge in [-0.1, -0.05) is 89.9 Å². The van der Waals surface area contributed by atoms with E-state index in [-0.39, 0.29) is 24.2 Å². The van der Waals surface area contributed by atoms with Crippen molar-refractivity contribution in [3.05, 3.63) is 251 Å². The molecule has 6 N–H and O–H groups in total. The van der Waals surface area contributed by atoms with Gasteiger partial charge in [0.2, 0.25) is 0 Å². The fourth-order valence-electron chi connectivity index (χ4n) is 9.55. The number of hydrogen-bond donors (Lipinski definition) is 5. The highest BCUT2D eigenvalue weighted by Crippen LogP contribution is 2.37. The molecule has 0 saturated heterocycles. The van der Waals surface area contributed by atoms with Crippen LogP contribution in [0.25, 0.3) is 69.2 Å². The van der Waals surface area contributed by atoms with Gasteiger partial charge in [0.15, 0.2) is 0 Å². The molecule has 101 heavy (non-hydrogen) atoms. The number of carbonyl (C=O) groups excluding carboxylic acids is 5. The van der Waals surface area contributed by atoms with Gasteiger partial charge < -0.3 is 25.8 Å². The van der Waals surface area contributed by atoms with E-state index < -0.39 is 36.3 Å². The third kappa shape index (κ3) is 20.8. The standard InChI is InChI=1S/C32H34N4O5S.2C22H18N4OS.CH5N.ClH/c1-31(2,3)40-29(38)35(7)28(37)24-13-8-9-14-27(24)42-22-16-17-23-25(18-15-21-12-10-11-19-33-21)34-36(26(23)20-22)30(39)41-32(4,5)6;2*1-23-22(27)18-7-2-3-8-21(18)28-16-10-11-17-19(25-26-20(17)14-16)12-9-15-6-4-5-13-24-15;1-2;/h8-20H,1-7H3;2*2-14H,1H3,(H,23,27)(H,25,26);2H2,1H3;1H/b18-15+;2*12-9+;;/i;;;1D3;. The van der Waals surface area contributed by atoms with E-state index in [1.165, 1.54) is 23.5 Å². The van der Waals surface area contributed by atoms with Gasteiger partial charge in [-0.15, -0.1) is 12.4 Å². The van der Waals surface area contributed by atoms with Crippen molar-refractivity contribution in [1.82, 2.24) is 60.7 Å². The molecule has 24 heteroatoms. The molecule has 4 amide bonds. The highest BCUT2D eigenvalue weighted by molar-refractivity contribution is 8.00. The van der Waals surface area contributed by atoms with Crippen LogP contribution in [0.4, 0.5) is 9.59 Å². The van der Waals surface area contributed by atoms with Crippen molar-refractivity contribution in [3.8, 4) is 0 Å². The summed E-state index contributed by atoms with van der Waals surface area (Å²) in [6.45, 7) is 8.35. The predicted molar refractivity (Wildman–Crippen MR) is 407 cm³/mol. The number of hydrogen-bond acceptors (Lipinski definition) is 17. The molecule has 516 valence electrons. The summed E-state index contributed by atoms with van der Waals surface area (Å²) >= 11 is 4.44. The van der Waals surface area contributed by atoms with Gasteiger partial charge in [0, 0.05) is 89.4 Å². The van der Waals surface area contributed by atoms with Crippen LogP contribution in [0.15, 0.2) is 230 Å². The van der Waals surface area contributed by atoms with Crippen molar-refractivity contribution in [3.63, 3.8) is 0 Å². The predicted octanol–water partition coefficient (Wildman–Crippen LogP) is 16.8. The number of imide groups is 1. The number of rotatable bonds is 15. The lowest BCUT2D eigenvalue weighted by atomic mass is 10.2. The maximum Gasteiger partial charge on any atom is 0.435 e. The van der Waals surface area contributed by atoms with Crippen molar-refractivity contribution in [2.24, 2.45) is 5.73 Å². The molecule has 0 fully saturated rings. The fraction of sp³-hybridized carbons (Fsp3) is 0.156. The molecule has 0 radical (unpaired) electrons. The van der Waals surface area contributed by atoms with Crippen LogP contribution < -0.4 is 16.4 Å². The third-order valence-electron chi connectivity index (χ3n) is 14.2. The van der Waals surface area contributed by atoms with Crippen LogP contribution in [-0.4, -0.2) is 119 Å². The van der Waals surface area contributed by atoms with E-state index >= 15 is 0 Å². The fourth-order valence-corrected chi connectivity index (χ4v) is 12.5. The maximum atomic E-state index is 13.3. The molecule has 12 rings (SSSR count). The first-order valence-corrected chi connectivity index (χ1v) is 33.7. The second-order valence-electron chi connectivity index (χ2n) is 23.7. The maximum absolute atomic E-state index is 13.3. The van der Waals surface area contributed by atoms with E-state index in [1.54, 1.807) is 122 Å². The summed E-state index contributed by atoms with van der Waals surface area (Å²) in [7, 11) is 4.67. The summed E-state index contributed by atoms with van der Waals surface area (Å²) in [5, 5.41) is 27.7. The molecule has 0 bridgehead atoms. The second-order valence-corrected chi connectivity index (χ2v) is 27.0. The molecule has 0 atom stereocenters. The van der Waals surface area contributed by atoms with Crippen molar-refractivity contribution in [2.45, 2.75) is 82.1 Å². The van der Waals surface area contributed by atoms with Gasteiger partial charge >= 0.3 is 12.2 Å². The Kier molecular flexibility index (Phi) is 25.2. The summed E-state index contributed by atoms with van der Waals surface area (Å²) in [6, 6.07) is 57.2. The first-order chi connectivity index (χ1) is 49.2. The van der Waals surface area contributed by atoms with Gasteiger partial charge in [-0.25, -0.2) is 14.5 Å². The lowest BCUT2D eigenvalue weighted by Crippen LogP contribution is -2.38. The number of carbonyl (C=O) groups is 5. The van der Waals surface area contributed by atoms with Crippen LogP contribution in [0.3, 0.4) is 0 Å². The molecule has 12 aromatic rings. The minimum absolute atomic E-state index is 0. The molecule has 6 aromatic carbocycles. The smallest absolute Gasteiger partial charge is 0.435 e. The highest BCUT2D eigenvalue weighted by Gasteiger charge is 2.27. The molecule has 6 heterocycles. The van der Waals surface area contributed by atoms with Crippen LogP contribution in [0.2, 0.25) is 0 Å². The number of nitrogens with two attached hydrogens (primary N) is 1. The molecule has 0 aliphatic heterocycles. The van der Waals surface area contributed by atoms with Gasteiger partial charge in [0.25, 0.3) is 17.7 Å². The summed E-state index contributed by atoms with van der Waals surface area (Å²) in [5.41, 5.74) is 11.8. The molecule has 6 aromatic heterocycles. The number of nitrogens with zero attached hydrogens (tertiary/aromatic N) is 8. The van der Waals surface area contributed by atoms with Crippen molar-refractivity contribution in [1.29, 1.82) is 0 Å². The van der Waals surface area contributed by atoms with Gasteiger partial charge in [0.1, 0.15) is 11.2 Å². The zero-order valence-corrected chi connectivity index (χ0v) is 59.9. The number of amides is 4. The topological polar surface area (TPSA) is 271 Å². The van der Waals surface area contributed by atoms with Crippen molar-refractivity contribution < 1.29 is 37.6 Å². The number of ether oxygens (including phenoxy) is 2. The molecule has 0 spiro atoms. The summed E-state index contributed by atoms with van der Waals surface area (Å²) in [5.74, 6) is -0.672. The number of nitrogens with one attached hydrogen (secondary N) is 4. The number of fused-ring (bicyclic) bond motifs is 3. The van der Waals surface area contributed by atoms with Gasteiger partial charge in [-0.3, -0.25) is 39.5 Å². The number of halogens is 1. The van der Waals surface area contributed by atoms with E-state index in [0.29, 0.717) is 32.8 Å². The zero-order valence-electron chi connectivity index (χ0n) is 59.7. The van der Waals surface area contributed by atoms with E-state index in [1.807, 2.05) is 194 Å². The number of benzene rings is 6. The Balaban J connectivity index is 0.000000195. The third-order valence-corrected chi connectivity index (χ3v) is 17.4. The summed E-state index contributed by atoms with van der Waals surface area (Å²) in [4.78, 5) is 82.3. The normalized spacial score (nSPS) is 11.8. The average Bonchev–Trinajstić information content (AvgIpc) is 1.66. The van der Waals surface area contributed by atoms with E-state index in [0.717, 1.165) is 85.0 Å². The van der Waals surface area contributed by atoms with Crippen LogP contribution >= 0.6 is 47.7 Å². The SMILES string of the molecule is CN(C(=O)OC(C)(C)C)C(=O)c1ccccc1Sc1ccc2c(/C=C/c3ccccn3)nn(C(=O)OC(C)(C)C)c2c1.CNC(=O)c1ccccc1Sc1ccc2c(/C=C/c3ccccn3)n[nH]c2c1.CNC(=O)c1ccccc1Sc1ccc2c(/C=C/c3ccccn3)n[nH]c2c1.Cl.[2H]C([2H])([2H])N. The molecule has 20 nitrogen and oxygen atoms in total. The quantitative estimate of drug-likeness (QED) is 0.0638. The molecule has 0 unspecified atom stereocenters. The van der Waals surface area contributed by atoms with Gasteiger partial charge in [-0.2, -0.15) is 20.0 Å². The second kappa shape index (κ2) is 35.7. The molecule has 0 aliphatic carbocycles. The number of H-pyrrole nitrogens is 2. The Bertz CT molecular complexity index is 4870. The Morgan fingerprint density at radius 3 is 1.29 bits per heavy atom. The average molecular weight is 1430 g/mol. The van der Waals surface area contributed by atoms with Crippen LogP contribution in [0.5, 0.6) is 0 Å². The van der Waals surface area contributed by atoms with Crippen LogP contribution in [0, 0.1) is 0 Å². The first-order valence-electron chi connectivity index (χ1n) is 32.7. The Morgan fingerprint density at radius 2 is 0.881 bits per heavy atom. The molecular weight excluding hydrogens is 1350 g/mol. The largest absolute Gasteiger partial charge is 0.443 e. The monoisotopic (exact) mass is 1430 g/mol. The number of pyridine rings is 3. The van der Waals surface area contributed by atoms with E-state index in [2.05, 4.69) is 56.8 Å². The minimum atomic E-state index is -2.25. The van der Waals surface area contributed by atoms with Gasteiger partial charge in [-0.05, 0) is 212 Å². The molecular formula is C77H76ClN13O7S3. The Morgan fingerprint density at radius 1 is 0.505 bits per heavy atom. The first kappa shape index (κ1) is 71.3. The van der Waals surface area contributed by atoms with E-state index in [9.17, 15) is 24.0 Å².